The van der Waals surface area contributed by atoms with Gasteiger partial charge in [-0.15, -0.1) is 0 Å². The number of amidine groups is 1. The van der Waals surface area contributed by atoms with E-state index in [4.69, 9.17) is 5.10 Å². The first-order valence-corrected chi connectivity index (χ1v) is 11.7. The molecule has 0 N–H and O–H groups in total. The van der Waals surface area contributed by atoms with Crippen LogP contribution in [0.2, 0.25) is 0 Å². The molecule has 0 saturated heterocycles. The summed E-state index contributed by atoms with van der Waals surface area (Å²) in [6.07, 6.45) is 0. The highest BCUT2D eigenvalue weighted by Gasteiger charge is 2.31. The van der Waals surface area contributed by atoms with Gasteiger partial charge >= 0.3 is 0 Å². The first-order chi connectivity index (χ1) is 14.9. The molecule has 3 nitrogen and oxygen atoms in total. The molecule has 1 aliphatic heterocycles. The molecule has 1 aliphatic rings. The van der Waals surface area contributed by atoms with Crippen molar-refractivity contribution < 1.29 is 0 Å². The fourth-order valence-electron chi connectivity index (χ4n) is 4.20. The van der Waals surface area contributed by atoms with Gasteiger partial charge in [0, 0.05) is 10.0 Å². The average Bonchev–Trinajstić information content (AvgIpc) is 3.18. The highest BCUT2D eigenvalue weighted by molar-refractivity contribution is 9.10. The van der Waals surface area contributed by atoms with Gasteiger partial charge < -0.3 is 4.90 Å². The first-order valence-electron chi connectivity index (χ1n) is 10.9. The molecule has 0 spiro atoms. The van der Waals surface area contributed by atoms with Gasteiger partial charge in [0.25, 0.3) is 0 Å². The van der Waals surface area contributed by atoms with Crippen LogP contribution in [0.3, 0.4) is 0 Å². The highest BCUT2D eigenvalue weighted by atomic mass is 79.9. The standard InChI is InChI=1S/C27H30BrN3/c1-18(2)23-14-9-15-24(19(3)4)26(23)30-17-31(22-12-8-11-21(28)16-22)29-27(30)25-13-7-6-10-20(25)5/h6-16,18-19H,17H2,1-5H3. The van der Waals surface area contributed by atoms with E-state index in [-0.39, 0.29) is 0 Å². The highest BCUT2D eigenvalue weighted by Crippen LogP contribution is 2.39. The van der Waals surface area contributed by atoms with Gasteiger partial charge in [0.05, 0.1) is 11.4 Å². The summed E-state index contributed by atoms with van der Waals surface area (Å²) < 4.78 is 1.06. The molecule has 4 rings (SSSR count). The van der Waals surface area contributed by atoms with Gasteiger partial charge in [-0.25, -0.2) is 5.01 Å². The van der Waals surface area contributed by atoms with Crippen LogP contribution in [0.1, 0.15) is 61.8 Å². The molecule has 0 unspecified atom stereocenters. The van der Waals surface area contributed by atoms with E-state index in [1.807, 2.05) is 6.07 Å². The Labute approximate surface area is 194 Å². The maximum absolute atomic E-state index is 5.14. The van der Waals surface area contributed by atoms with Gasteiger partial charge in [0.1, 0.15) is 6.67 Å². The molecule has 0 aromatic heterocycles. The zero-order valence-electron chi connectivity index (χ0n) is 18.9. The predicted octanol–water partition coefficient (Wildman–Crippen LogP) is 7.65. The van der Waals surface area contributed by atoms with E-state index >= 15 is 0 Å². The summed E-state index contributed by atoms with van der Waals surface area (Å²) in [5.41, 5.74) is 7.51. The summed E-state index contributed by atoms with van der Waals surface area (Å²) in [6.45, 7) is 11.9. The zero-order chi connectivity index (χ0) is 22.1. The van der Waals surface area contributed by atoms with Crippen LogP contribution in [-0.2, 0) is 0 Å². The zero-order valence-corrected chi connectivity index (χ0v) is 20.5. The van der Waals surface area contributed by atoms with E-state index in [1.54, 1.807) is 0 Å². The molecule has 0 radical (unpaired) electrons. The Balaban J connectivity index is 1.91. The van der Waals surface area contributed by atoms with Crippen molar-refractivity contribution >= 4 is 33.1 Å². The minimum absolute atomic E-state index is 0.423. The van der Waals surface area contributed by atoms with Crippen molar-refractivity contribution in [2.24, 2.45) is 5.10 Å². The number of nitrogens with zero attached hydrogens (tertiary/aromatic N) is 3. The van der Waals surface area contributed by atoms with Gasteiger partial charge in [0.2, 0.25) is 0 Å². The van der Waals surface area contributed by atoms with Crippen molar-refractivity contribution in [2.75, 3.05) is 16.6 Å². The maximum Gasteiger partial charge on any atom is 0.162 e. The second kappa shape index (κ2) is 8.88. The number of rotatable bonds is 5. The molecule has 3 aromatic carbocycles. The van der Waals surface area contributed by atoms with Crippen molar-refractivity contribution in [3.05, 3.63) is 93.5 Å². The SMILES string of the molecule is Cc1ccccc1C1=NN(c2cccc(Br)c2)CN1c1c(C(C)C)cccc1C(C)C. The molecular weight excluding hydrogens is 446 g/mol. The summed E-state index contributed by atoms with van der Waals surface area (Å²) in [7, 11) is 0. The smallest absolute Gasteiger partial charge is 0.162 e. The first kappa shape index (κ1) is 21.6. The Hall–Kier alpha value is -2.59. The summed E-state index contributed by atoms with van der Waals surface area (Å²) in [5, 5.41) is 7.25. The Morgan fingerprint density at radius 2 is 1.48 bits per heavy atom. The number of hydrazone groups is 1. The number of halogens is 1. The summed E-state index contributed by atoms with van der Waals surface area (Å²) in [6, 6.07) is 23.6. The topological polar surface area (TPSA) is 18.8 Å². The van der Waals surface area contributed by atoms with Gasteiger partial charge in [-0.05, 0) is 53.6 Å². The van der Waals surface area contributed by atoms with Crippen LogP contribution in [0.25, 0.3) is 0 Å². The quantitative estimate of drug-likeness (QED) is 0.377. The second-order valence-corrected chi connectivity index (χ2v) is 9.70. The number of para-hydroxylation sites is 1. The minimum atomic E-state index is 0.423. The van der Waals surface area contributed by atoms with E-state index in [9.17, 15) is 0 Å². The van der Waals surface area contributed by atoms with Crippen molar-refractivity contribution in [3.8, 4) is 0 Å². The third-order valence-electron chi connectivity index (χ3n) is 5.85. The van der Waals surface area contributed by atoms with Crippen molar-refractivity contribution in [2.45, 2.75) is 46.5 Å². The second-order valence-electron chi connectivity index (χ2n) is 8.78. The number of anilines is 2. The van der Waals surface area contributed by atoms with Crippen LogP contribution in [0.15, 0.2) is 76.3 Å². The Morgan fingerprint density at radius 1 is 0.839 bits per heavy atom. The van der Waals surface area contributed by atoms with E-state index in [1.165, 1.54) is 27.9 Å². The lowest BCUT2D eigenvalue weighted by Gasteiger charge is -2.29. The Kier molecular flexibility index (Phi) is 6.19. The van der Waals surface area contributed by atoms with E-state index in [2.05, 4.69) is 121 Å². The van der Waals surface area contributed by atoms with Crippen LogP contribution in [0.5, 0.6) is 0 Å². The number of benzene rings is 3. The van der Waals surface area contributed by atoms with Crippen LogP contribution in [0, 0.1) is 6.92 Å². The predicted molar refractivity (Wildman–Crippen MR) is 136 cm³/mol. The molecule has 4 heteroatoms. The number of aryl methyl sites for hydroxylation is 1. The van der Waals surface area contributed by atoms with Crippen LogP contribution >= 0.6 is 15.9 Å². The molecular formula is C27H30BrN3. The van der Waals surface area contributed by atoms with Gasteiger partial charge in [-0.1, -0.05) is 92.2 Å². The molecule has 1 heterocycles. The van der Waals surface area contributed by atoms with Crippen LogP contribution < -0.4 is 9.91 Å². The molecule has 0 atom stereocenters. The van der Waals surface area contributed by atoms with Gasteiger partial charge in [-0.2, -0.15) is 5.10 Å². The molecule has 0 bridgehead atoms. The largest absolute Gasteiger partial charge is 0.304 e. The van der Waals surface area contributed by atoms with Crippen molar-refractivity contribution in [1.82, 2.24) is 0 Å². The number of hydrogen-bond acceptors (Lipinski definition) is 3. The summed E-state index contributed by atoms with van der Waals surface area (Å²) in [4.78, 5) is 2.41. The van der Waals surface area contributed by atoms with Crippen LogP contribution in [0.4, 0.5) is 11.4 Å². The molecule has 31 heavy (non-hydrogen) atoms. The fraction of sp³-hybridized carbons (Fsp3) is 0.296. The number of hydrogen-bond donors (Lipinski definition) is 0. The maximum atomic E-state index is 5.14. The van der Waals surface area contributed by atoms with E-state index in [0.29, 0.717) is 18.5 Å². The third kappa shape index (κ3) is 4.27. The summed E-state index contributed by atoms with van der Waals surface area (Å²) >= 11 is 3.61. The lowest BCUT2D eigenvalue weighted by atomic mass is 9.91. The van der Waals surface area contributed by atoms with E-state index in [0.717, 1.165) is 16.0 Å². The fourth-order valence-corrected chi connectivity index (χ4v) is 4.59. The molecule has 160 valence electrons. The lowest BCUT2D eigenvalue weighted by Crippen LogP contribution is -2.33. The Morgan fingerprint density at radius 3 is 2.10 bits per heavy atom. The van der Waals surface area contributed by atoms with Crippen molar-refractivity contribution in [3.63, 3.8) is 0 Å². The van der Waals surface area contributed by atoms with E-state index < -0.39 is 0 Å². The lowest BCUT2D eigenvalue weighted by molar-refractivity contribution is 0.816. The molecule has 0 fully saturated rings. The third-order valence-corrected chi connectivity index (χ3v) is 6.34. The Bertz CT molecular complexity index is 1090. The van der Waals surface area contributed by atoms with Gasteiger partial charge in [-0.3, -0.25) is 0 Å². The van der Waals surface area contributed by atoms with Gasteiger partial charge in [0.15, 0.2) is 5.84 Å². The average molecular weight is 476 g/mol. The summed E-state index contributed by atoms with van der Waals surface area (Å²) in [5.74, 6) is 1.85. The van der Waals surface area contributed by atoms with Crippen LogP contribution in [-0.4, -0.2) is 12.5 Å². The monoisotopic (exact) mass is 475 g/mol. The molecule has 0 amide bonds. The molecule has 0 saturated carbocycles. The minimum Gasteiger partial charge on any atom is -0.304 e. The normalized spacial score (nSPS) is 14.0. The van der Waals surface area contributed by atoms with Crippen molar-refractivity contribution in [1.29, 1.82) is 0 Å². The molecule has 3 aromatic rings. The molecule has 0 aliphatic carbocycles.